The van der Waals surface area contributed by atoms with E-state index in [0.29, 0.717) is 0 Å². The van der Waals surface area contributed by atoms with Gasteiger partial charge in [0.15, 0.2) is 0 Å². The van der Waals surface area contributed by atoms with E-state index in [1.54, 1.807) is 0 Å². The molecule has 2 heteroatoms. The van der Waals surface area contributed by atoms with E-state index in [1.165, 1.54) is 38.6 Å². The molecule has 0 aliphatic carbocycles. The van der Waals surface area contributed by atoms with Gasteiger partial charge in [-0.1, -0.05) is 40.0 Å². The highest BCUT2D eigenvalue weighted by Crippen LogP contribution is 2.09. The third-order valence-corrected chi connectivity index (χ3v) is 3.30. The summed E-state index contributed by atoms with van der Waals surface area (Å²) in [6, 6.07) is 0. The molecule has 0 aromatic carbocycles. The van der Waals surface area contributed by atoms with Gasteiger partial charge < -0.3 is 10.0 Å². The van der Waals surface area contributed by atoms with Gasteiger partial charge in [0.2, 0.25) is 0 Å². The number of aliphatic hydroxyl groups is 1. The Labute approximate surface area is 102 Å². The van der Waals surface area contributed by atoms with Crippen molar-refractivity contribution in [1.29, 1.82) is 0 Å². The molecule has 16 heavy (non-hydrogen) atoms. The molecule has 0 amide bonds. The summed E-state index contributed by atoms with van der Waals surface area (Å²) in [5, 5.41) is 9.74. The number of nitrogens with zero attached hydrogens (tertiary/aromatic N) is 1. The first kappa shape index (κ1) is 15.9. The van der Waals surface area contributed by atoms with Crippen molar-refractivity contribution in [2.24, 2.45) is 0 Å². The Bertz CT molecular complexity index is 135. The predicted octanol–water partition coefficient (Wildman–Crippen LogP) is 3.44. The van der Waals surface area contributed by atoms with Crippen LogP contribution in [0.1, 0.15) is 65.7 Å². The van der Waals surface area contributed by atoms with E-state index in [0.717, 1.165) is 25.9 Å². The van der Waals surface area contributed by atoms with E-state index in [4.69, 9.17) is 0 Å². The third kappa shape index (κ3) is 9.17. The van der Waals surface area contributed by atoms with Crippen molar-refractivity contribution in [3.63, 3.8) is 0 Å². The van der Waals surface area contributed by atoms with E-state index in [1.807, 2.05) is 0 Å². The molecule has 0 heterocycles. The van der Waals surface area contributed by atoms with Gasteiger partial charge >= 0.3 is 0 Å². The smallest absolute Gasteiger partial charge is 0.0540 e. The van der Waals surface area contributed by atoms with Gasteiger partial charge in [0.1, 0.15) is 0 Å². The molecule has 0 aliphatic rings. The summed E-state index contributed by atoms with van der Waals surface area (Å²) in [6.45, 7) is 10.1. The minimum Gasteiger partial charge on any atom is -0.393 e. The summed E-state index contributed by atoms with van der Waals surface area (Å²) in [5.41, 5.74) is 0. The van der Waals surface area contributed by atoms with E-state index in [9.17, 15) is 5.11 Å². The zero-order valence-electron chi connectivity index (χ0n) is 11.5. The van der Waals surface area contributed by atoms with Crippen LogP contribution in [0, 0.1) is 0 Å². The van der Waals surface area contributed by atoms with E-state index >= 15 is 0 Å². The number of rotatable bonds is 11. The molecule has 1 atom stereocenters. The minimum absolute atomic E-state index is 0.0525. The lowest BCUT2D eigenvalue weighted by Gasteiger charge is -2.18. The van der Waals surface area contributed by atoms with Crippen LogP contribution in [0.2, 0.25) is 0 Å². The number of hydrogen-bond acceptors (Lipinski definition) is 2. The Morgan fingerprint density at radius 2 is 1.44 bits per heavy atom. The fourth-order valence-electron chi connectivity index (χ4n) is 2.03. The average molecular weight is 229 g/mol. The second kappa shape index (κ2) is 11.4. The van der Waals surface area contributed by atoms with Crippen molar-refractivity contribution >= 4 is 0 Å². The van der Waals surface area contributed by atoms with Crippen LogP contribution in [0.4, 0.5) is 0 Å². The van der Waals surface area contributed by atoms with Crippen molar-refractivity contribution in [1.82, 2.24) is 4.90 Å². The molecule has 0 aromatic rings. The van der Waals surface area contributed by atoms with Crippen LogP contribution in [0.3, 0.4) is 0 Å². The zero-order chi connectivity index (χ0) is 12.2. The Morgan fingerprint density at radius 1 is 0.875 bits per heavy atom. The van der Waals surface area contributed by atoms with E-state index < -0.39 is 0 Å². The van der Waals surface area contributed by atoms with Crippen LogP contribution in [-0.4, -0.2) is 35.7 Å². The fraction of sp³-hybridized carbons (Fsp3) is 1.00. The Balaban J connectivity index is 3.29. The lowest BCUT2D eigenvalue weighted by Crippen LogP contribution is -2.24. The maximum absolute atomic E-state index is 9.74. The molecular formula is C14H31NO. The first-order valence-corrected chi connectivity index (χ1v) is 7.14. The Morgan fingerprint density at radius 3 is 1.94 bits per heavy atom. The highest BCUT2D eigenvalue weighted by atomic mass is 16.3. The quantitative estimate of drug-likeness (QED) is 0.549. The summed E-state index contributed by atoms with van der Waals surface area (Å²) in [7, 11) is 0. The molecule has 0 saturated heterocycles. The van der Waals surface area contributed by atoms with Gasteiger partial charge in [0.25, 0.3) is 0 Å². The second-order valence-electron chi connectivity index (χ2n) is 4.67. The van der Waals surface area contributed by atoms with Crippen LogP contribution in [-0.2, 0) is 0 Å². The topological polar surface area (TPSA) is 23.5 Å². The first-order chi connectivity index (χ1) is 7.74. The molecule has 0 bridgehead atoms. The van der Waals surface area contributed by atoms with Crippen molar-refractivity contribution in [3.05, 3.63) is 0 Å². The summed E-state index contributed by atoms with van der Waals surface area (Å²) in [5.74, 6) is 0. The van der Waals surface area contributed by atoms with Gasteiger partial charge in [-0.05, 0) is 45.3 Å². The van der Waals surface area contributed by atoms with Crippen molar-refractivity contribution in [2.45, 2.75) is 71.8 Å². The van der Waals surface area contributed by atoms with Gasteiger partial charge in [-0.15, -0.1) is 0 Å². The standard InChI is InChI=1S/C14H31NO/c1-4-7-8-11-14(16)12-9-10-13-15(5-2)6-3/h14,16H,4-13H2,1-3H3/t14-/m0/s1. The van der Waals surface area contributed by atoms with Gasteiger partial charge in [0, 0.05) is 0 Å². The molecule has 0 aliphatic heterocycles. The van der Waals surface area contributed by atoms with Gasteiger partial charge in [0.05, 0.1) is 6.10 Å². The van der Waals surface area contributed by atoms with Crippen LogP contribution in [0.15, 0.2) is 0 Å². The third-order valence-electron chi connectivity index (χ3n) is 3.30. The van der Waals surface area contributed by atoms with Gasteiger partial charge in [-0.25, -0.2) is 0 Å². The maximum Gasteiger partial charge on any atom is 0.0540 e. The largest absolute Gasteiger partial charge is 0.393 e. The molecule has 1 N–H and O–H groups in total. The molecule has 0 saturated carbocycles. The van der Waals surface area contributed by atoms with Crippen molar-refractivity contribution < 1.29 is 5.11 Å². The van der Waals surface area contributed by atoms with Crippen molar-refractivity contribution in [3.8, 4) is 0 Å². The molecule has 0 aromatic heterocycles. The number of hydrogen-bond donors (Lipinski definition) is 1. The molecular weight excluding hydrogens is 198 g/mol. The predicted molar refractivity (Wildman–Crippen MR) is 71.8 cm³/mol. The van der Waals surface area contributed by atoms with E-state index in [-0.39, 0.29) is 6.10 Å². The Hall–Kier alpha value is -0.0800. The molecule has 0 spiro atoms. The van der Waals surface area contributed by atoms with Crippen molar-refractivity contribution in [2.75, 3.05) is 19.6 Å². The average Bonchev–Trinajstić information content (AvgIpc) is 2.30. The molecule has 0 radical (unpaired) electrons. The highest BCUT2D eigenvalue weighted by Gasteiger charge is 2.04. The number of aliphatic hydroxyl groups excluding tert-OH is 1. The van der Waals surface area contributed by atoms with Crippen LogP contribution in [0.25, 0.3) is 0 Å². The molecule has 98 valence electrons. The minimum atomic E-state index is -0.0525. The zero-order valence-corrected chi connectivity index (χ0v) is 11.5. The normalized spacial score (nSPS) is 13.3. The van der Waals surface area contributed by atoms with Crippen LogP contribution in [0.5, 0.6) is 0 Å². The summed E-state index contributed by atoms with van der Waals surface area (Å²) in [6.07, 6.45) is 8.03. The SMILES string of the molecule is CCCCC[C@H](O)CCCCN(CC)CC. The van der Waals surface area contributed by atoms with Crippen LogP contribution >= 0.6 is 0 Å². The summed E-state index contributed by atoms with van der Waals surface area (Å²) < 4.78 is 0. The maximum atomic E-state index is 9.74. The lowest BCUT2D eigenvalue weighted by molar-refractivity contribution is 0.145. The monoisotopic (exact) mass is 229 g/mol. The molecule has 2 nitrogen and oxygen atoms in total. The lowest BCUT2D eigenvalue weighted by atomic mass is 10.1. The highest BCUT2D eigenvalue weighted by molar-refractivity contribution is 4.58. The second-order valence-corrected chi connectivity index (χ2v) is 4.67. The number of unbranched alkanes of at least 4 members (excludes halogenated alkanes) is 3. The molecule has 0 rings (SSSR count). The molecule has 0 fully saturated rings. The fourth-order valence-corrected chi connectivity index (χ4v) is 2.03. The molecule has 0 unspecified atom stereocenters. The van der Waals surface area contributed by atoms with Crippen LogP contribution < -0.4 is 0 Å². The summed E-state index contributed by atoms with van der Waals surface area (Å²) >= 11 is 0. The van der Waals surface area contributed by atoms with Gasteiger partial charge in [-0.3, -0.25) is 0 Å². The first-order valence-electron chi connectivity index (χ1n) is 7.14. The summed E-state index contributed by atoms with van der Waals surface area (Å²) in [4.78, 5) is 2.45. The van der Waals surface area contributed by atoms with Gasteiger partial charge in [-0.2, -0.15) is 0 Å². The Kier molecular flexibility index (Phi) is 11.3. The van der Waals surface area contributed by atoms with E-state index in [2.05, 4.69) is 25.7 Å².